The van der Waals surface area contributed by atoms with E-state index in [2.05, 4.69) is 9.97 Å². The van der Waals surface area contributed by atoms with Crippen LogP contribution in [-0.4, -0.2) is 34.1 Å². The van der Waals surface area contributed by atoms with E-state index >= 15 is 0 Å². The molecule has 5 nitrogen and oxygen atoms in total. The maximum Gasteiger partial charge on any atom is 0.306 e. The summed E-state index contributed by atoms with van der Waals surface area (Å²) in [5.74, 6) is -0.558. The predicted molar refractivity (Wildman–Crippen MR) is 71.5 cm³/mol. The Kier molecular flexibility index (Phi) is 3.73. The smallest absolute Gasteiger partial charge is 0.306 e. The number of hydrogen-bond acceptors (Lipinski definition) is 4. The van der Waals surface area contributed by atoms with Crippen LogP contribution in [0.2, 0.25) is 0 Å². The third-order valence-corrected chi connectivity index (χ3v) is 4.10. The van der Waals surface area contributed by atoms with Crippen LogP contribution >= 0.6 is 0 Å². The Morgan fingerprint density at radius 3 is 2.43 bits per heavy atom. The van der Waals surface area contributed by atoms with Crippen molar-refractivity contribution in [1.29, 1.82) is 0 Å². The van der Waals surface area contributed by atoms with Crippen LogP contribution in [0.1, 0.15) is 49.4 Å². The van der Waals surface area contributed by atoms with E-state index in [4.69, 9.17) is 5.11 Å². The van der Waals surface area contributed by atoms with Crippen molar-refractivity contribution in [2.75, 3.05) is 18.0 Å². The van der Waals surface area contributed by atoms with Gasteiger partial charge < -0.3 is 10.0 Å². The standard InChI is InChI=1S/C14H17F2N3O2/c15-12(16)11-7-10(8-1-2-8)17-14(18-11)19-5-3-9(4-6-19)13(20)21/h7-9,12H,1-6H2,(H,20,21). The fraction of sp³-hybridized carbons (Fsp3) is 0.643. The number of aliphatic carboxylic acids is 1. The van der Waals surface area contributed by atoms with Crippen LogP contribution in [0.15, 0.2) is 6.07 Å². The number of anilines is 1. The Balaban J connectivity index is 1.80. The van der Waals surface area contributed by atoms with Gasteiger partial charge in [0.2, 0.25) is 5.95 Å². The molecule has 1 aromatic heterocycles. The van der Waals surface area contributed by atoms with Gasteiger partial charge in [-0.25, -0.2) is 18.7 Å². The molecule has 1 aliphatic carbocycles. The van der Waals surface area contributed by atoms with Gasteiger partial charge in [-0.2, -0.15) is 0 Å². The van der Waals surface area contributed by atoms with Crippen molar-refractivity contribution in [2.24, 2.45) is 5.92 Å². The monoisotopic (exact) mass is 297 g/mol. The first-order valence-corrected chi connectivity index (χ1v) is 7.19. The van der Waals surface area contributed by atoms with Crippen LogP contribution in [0.25, 0.3) is 0 Å². The normalized spacial score (nSPS) is 20.0. The van der Waals surface area contributed by atoms with Gasteiger partial charge in [0, 0.05) is 24.7 Å². The maximum absolute atomic E-state index is 13.0. The van der Waals surface area contributed by atoms with E-state index in [1.807, 2.05) is 4.90 Å². The molecule has 21 heavy (non-hydrogen) atoms. The number of carbonyl (C=O) groups is 1. The molecule has 1 saturated carbocycles. The number of nitrogens with zero attached hydrogens (tertiary/aromatic N) is 3. The Morgan fingerprint density at radius 1 is 1.24 bits per heavy atom. The summed E-state index contributed by atoms with van der Waals surface area (Å²) in [5.41, 5.74) is 0.456. The lowest BCUT2D eigenvalue weighted by molar-refractivity contribution is -0.142. The summed E-state index contributed by atoms with van der Waals surface area (Å²) in [4.78, 5) is 21.1. The minimum atomic E-state index is -2.61. The quantitative estimate of drug-likeness (QED) is 0.925. The molecule has 2 heterocycles. The number of alkyl halides is 2. The number of aromatic nitrogens is 2. The molecule has 3 rings (SSSR count). The second-order valence-corrected chi connectivity index (χ2v) is 5.69. The molecule has 0 amide bonds. The second kappa shape index (κ2) is 5.54. The molecule has 0 unspecified atom stereocenters. The molecule has 2 fully saturated rings. The number of carboxylic acids is 1. The minimum absolute atomic E-state index is 0.234. The van der Waals surface area contributed by atoms with Crippen molar-refractivity contribution in [1.82, 2.24) is 9.97 Å². The first kappa shape index (κ1) is 14.2. The first-order chi connectivity index (χ1) is 10.0. The fourth-order valence-corrected chi connectivity index (χ4v) is 2.64. The topological polar surface area (TPSA) is 66.3 Å². The molecule has 1 aliphatic heterocycles. The maximum atomic E-state index is 13.0. The van der Waals surface area contributed by atoms with Crippen molar-refractivity contribution < 1.29 is 18.7 Å². The predicted octanol–water partition coefficient (Wildman–Crippen LogP) is 2.59. The summed E-state index contributed by atoms with van der Waals surface area (Å²) < 4.78 is 25.9. The van der Waals surface area contributed by atoms with Crippen LogP contribution < -0.4 is 4.90 Å². The Morgan fingerprint density at radius 2 is 1.90 bits per heavy atom. The van der Waals surface area contributed by atoms with Gasteiger partial charge in [-0.3, -0.25) is 4.79 Å². The number of piperidine rings is 1. The third-order valence-electron chi connectivity index (χ3n) is 4.10. The lowest BCUT2D eigenvalue weighted by Crippen LogP contribution is -2.37. The zero-order valence-corrected chi connectivity index (χ0v) is 11.5. The Bertz CT molecular complexity index is 521. The van der Waals surface area contributed by atoms with E-state index in [-0.39, 0.29) is 17.5 Å². The van der Waals surface area contributed by atoms with E-state index in [9.17, 15) is 13.6 Å². The van der Waals surface area contributed by atoms with Crippen LogP contribution in [-0.2, 0) is 4.79 Å². The average Bonchev–Trinajstić information content (AvgIpc) is 3.31. The summed E-state index contributed by atoms with van der Waals surface area (Å²) in [6.45, 7) is 0.988. The Hall–Kier alpha value is -1.79. The molecule has 1 aromatic rings. The highest BCUT2D eigenvalue weighted by Gasteiger charge is 2.30. The summed E-state index contributed by atoms with van der Waals surface area (Å²) in [5, 5.41) is 8.99. The average molecular weight is 297 g/mol. The largest absolute Gasteiger partial charge is 0.481 e. The molecule has 0 bridgehead atoms. The molecule has 114 valence electrons. The van der Waals surface area contributed by atoms with Crippen LogP contribution in [0.4, 0.5) is 14.7 Å². The van der Waals surface area contributed by atoms with Crippen molar-refractivity contribution >= 4 is 11.9 Å². The van der Waals surface area contributed by atoms with Crippen molar-refractivity contribution in [3.8, 4) is 0 Å². The van der Waals surface area contributed by atoms with Crippen LogP contribution in [0.3, 0.4) is 0 Å². The molecule has 2 aliphatic rings. The third kappa shape index (κ3) is 3.11. The molecule has 0 spiro atoms. The highest BCUT2D eigenvalue weighted by atomic mass is 19.3. The van der Waals surface area contributed by atoms with Crippen LogP contribution in [0, 0.1) is 5.92 Å². The Labute approximate surface area is 121 Å². The molecule has 0 aromatic carbocycles. The van der Waals surface area contributed by atoms with E-state index in [1.54, 1.807) is 0 Å². The van der Waals surface area contributed by atoms with Gasteiger partial charge in [0.25, 0.3) is 6.43 Å². The van der Waals surface area contributed by atoms with E-state index < -0.39 is 12.4 Å². The molecular formula is C14H17F2N3O2. The lowest BCUT2D eigenvalue weighted by atomic mass is 9.97. The van der Waals surface area contributed by atoms with Gasteiger partial charge >= 0.3 is 5.97 Å². The minimum Gasteiger partial charge on any atom is -0.481 e. The molecule has 0 atom stereocenters. The van der Waals surface area contributed by atoms with Gasteiger partial charge in [-0.05, 0) is 31.7 Å². The van der Waals surface area contributed by atoms with Gasteiger partial charge in [-0.1, -0.05) is 0 Å². The van der Waals surface area contributed by atoms with E-state index in [0.29, 0.717) is 37.6 Å². The van der Waals surface area contributed by atoms with Crippen molar-refractivity contribution in [3.05, 3.63) is 17.5 Å². The lowest BCUT2D eigenvalue weighted by Gasteiger charge is -2.30. The van der Waals surface area contributed by atoms with E-state index in [1.165, 1.54) is 6.07 Å². The first-order valence-electron chi connectivity index (χ1n) is 7.19. The fourth-order valence-electron chi connectivity index (χ4n) is 2.64. The second-order valence-electron chi connectivity index (χ2n) is 5.69. The summed E-state index contributed by atoms with van der Waals surface area (Å²) in [6, 6.07) is 1.40. The summed E-state index contributed by atoms with van der Waals surface area (Å²) in [7, 11) is 0. The SMILES string of the molecule is O=C(O)C1CCN(c2nc(C(F)F)cc(C3CC3)n2)CC1. The number of rotatable bonds is 4. The number of halogens is 2. The number of carboxylic acid groups (broad SMARTS) is 1. The summed E-state index contributed by atoms with van der Waals surface area (Å²) >= 11 is 0. The number of hydrogen-bond donors (Lipinski definition) is 1. The molecule has 7 heteroatoms. The van der Waals surface area contributed by atoms with Crippen molar-refractivity contribution in [3.63, 3.8) is 0 Å². The molecule has 1 N–H and O–H groups in total. The van der Waals surface area contributed by atoms with Crippen molar-refractivity contribution in [2.45, 2.75) is 38.0 Å². The van der Waals surface area contributed by atoms with Gasteiger partial charge in [0.15, 0.2) is 0 Å². The van der Waals surface area contributed by atoms with Gasteiger partial charge in [0.1, 0.15) is 5.69 Å². The zero-order valence-electron chi connectivity index (χ0n) is 11.5. The highest BCUT2D eigenvalue weighted by Crippen LogP contribution is 2.40. The van der Waals surface area contributed by atoms with E-state index in [0.717, 1.165) is 12.8 Å². The highest BCUT2D eigenvalue weighted by molar-refractivity contribution is 5.70. The van der Waals surface area contributed by atoms with Gasteiger partial charge in [-0.15, -0.1) is 0 Å². The molecule has 0 radical (unpaired) electrons. The summed E-state index contributed by atoms with van der Waals surface area (Å²) in [6.07, 6.45) is 0.355. The van der Waals surface area contributed by atoms with Crippen LogP contribution in [0.5, 0.6) is 0 Å². The molecular weight excluding hydrogens is 280 g/mol. The zero-order chi connectivity index (χ0) is 15.0. The molecule has 1 saturated heterocycles. The van der Waals surface area contributed by atoms with Gasteiger partial charge in [0.05, 0.1) is 5.92 Å².